The summed E-state index contributed by atoms with van der Waals surface area (Å²) < 4.78 is 13.7. The van der Waals surface area contributed by atoms with E-state index in [1.807, 2.05) is 13.8 Å². The molecule has 0 aromatic heterocycles. The molecule has 0 spiro atoms. The number of halogens is 1. The minimum Gasteiger partial charge on any atom is -0.393 e. The summed E-state index contributed by atoms with van der Waals surface area (Å²) in [5.74, 6) is -0.709. The van der Waals surface area contributed by atoms with E-state index in [-0.39, 0.29) is 30.4 Å². The number of aliphatic hydroxyl groups excluding tert-OH is 1. The Kier molecular flexibility index (Phi) is 5.46. The standard InChI is InChI=1S/C19H26FN3O3/c1-3-11(2)17-18(25)22-16-7-4-13(20)8-12(16)10-23(17)19(26)21-14-5-6-15(24)9-14/h4,7-8,11,14-15,17,24H,3,5-6,9-10H2,1-2H3,(H,21,26)(H,22,25). The first-order valence-corrected chi connectivity index (χ1v) is 9.23. The van der Waals surface area contributed by atoms with Gasteiger partial charge in [-0.3, -0.25) is 4.79 Å². The molecular formula is C19H26FN3O3. The maximum atomic E-state index is 13.7. The predicted octanol–water partition coefficient (Wildman–Crippen LogP) is 2.62. The first-order valence-electron chi connectivity index (χ1n) is 9.23. The molecule has 1 aliphatic heterocycles. The molecule has 0 radical (unpaired) electrons. The minimum absolute atomic E-state index is 0.0472. The lowest BCUT2D eigenvalue weighted by Gasteiger charge is -2.33. The summed E-state index contributed by atoms with van der Waals surface area (Å²) in [6.07, 6.45) is 2.23. The van der Waals surface area contributed by atoms with Crippen LogP contribution in [0.15, 0.2) is 18.2 Å². The molecule has 1 aromatic carbocycles. The van der Waals surface area contributed by atoms with Crippen LogP contribution in [0.2, 0.25) is 0 Å². The Morgan fingerprint density at radius 2 is 2.23 bits per heavy atom. The third-order valence-electron chi connectivity index (χ3n) is 5.45. The maximum Gasteiger partial charge on any atom is 0.318 e. The first-order chi connectivity index (χ1) is 12.4. The Bertz CT molecular complexity index is 697. The highest BCUT2D eigenvalue weighted by Crippen LogP contribution is 2.28. The Balaban J connectivity index is 1.88. The van der Waals surface area contributed by atoms with Crippen LogP contribution in [0, 0.1) is 11.7 Å². The highest BCUT2D eigenvalue weighted by Gasteiger charge is 2.38. The fraction of sp³-hybridized carbons (Fsp3) is 0.579. The van der Waals surface area contributed by atoms with Gasteiger partial charge in [-0.2, -0.15) is 0 Å². The van der Waals surface area contributed by atoms with Crippen molar-refractivity contribution in [3.63, 3.8) is 0 Å². The number of fused-ring (bicyclic) bond motifs is 1. The number of amides is 3. The molecule has 1 saturated carbocycles. The number of hydrogen-bond acceptors (Lipinski definition) is 3. The predicted molar refractivity (Wildman–Crippen MR) is 96.0 cm³/mol. The smallest absolute Gasteiger partial charge is 0.318 e. The fourth-order valence-electron chi connectivity index (χ4n) is 3.78. The zero-order valence-corrected chi connectivity index (χ0v) is 15.2. The summed E-state index contributed by atoms with van der Waals surface area (Å²) in [6.45, 7) is 4.06. The van der Waals surface area contributed by atoms with E-state index < -0.39 is 18.0 Å². The lowest BCUT2D eigenvalue weighted by molar-refractivity contribution is -0.121. The second kappa shape index (κ2) is 7.61. The van der Waals surface area contributed by atoms with Gasteiger partial charge < -0.3 is 20.6 Å². The van der Waals surface area contributed by atoms with E-state index in [9.17, 15) is 19.1 Å². The van der Waals surface area contributed by atoms with Crippen molar-refractivity contribution >= 4 is 17.6 Å². The van der Waals surface area contributed by atoms with Crippen molar-refractivity contribution < 1.29 is 19.1 Å². The minimum atomic E-state index is -0.637. The van der Waals surface area contributed by atoms with Crippen molar-refractivity contribution in [3.8, 4) is 0 Å². The molecule has 1 heterocycles. The number of nitrogens with one attached hydrogen (secondary N) is 2. The van der Waals surface area contributed by atoms with E-state index in [0.717, 1.165) is 6.42 Å². The number of carbonyl (C=O) groups excluding carboxylic acids is 2. The number of rotatable bonds is 3. The number of aliphatic hydroxyl groups is 1. The molecule has 2 aliphatic rings. The van der Waals surface area contributed by atoms with Crippen LogP contribution in [0.4, 0.5) is 14.9 Å². The van der Waals surface area contributed by atoms with Crippen molar-refractivity contribution in [2.45, 2.75) is 64.3 Å². The molecule has 7 heteroatoms. The summed E-state index contributed by atoms with van der Waals surface area (Å²) in [5.41, 5.74) is 1.11. The average molecular weight is 363 g/mol. The quantitative estimate of drug-likeness (QED) is 0.772. The summed E-state index contributed by atoms with van der Waals surface area (Å²) >= 11 is 0. The van der Waals surface area contributed by atoms with Gasteiger partial charge in [0, 0.05) is 11.7 Å². The molecule has 4 unspecified atom stereocenters. The molecule has 3 amide bonds. The van der Waals surface area contributed by atoms with Gasteiger partial charge >= 0.3 is 6.03 Å². The molecule has 1 aliphatic carbocycles. The third kappa shape index (κ3) is 3.82. The summed E-state index contributed by atoms with van der Waals surface area (Å²) in [5, 5.41) is 15.4. The van der Waals surface area contributed by atoms with Crippen LogP contribution in [0.25, 0.3) is 0 Å². The van der Waals surface area contributed by atoms with Gasteiger partial charge in [-0.05, 0) is 48.9 Å². The van der Waals surface area contributed by atoms with Gasteiger partial charge in [-0.25, -0.2) is 9.18 Å². The molecule has 4 atom stereocenters. The molecule has 1 aromatic rings. The highest BCUT2D eigenvalue weighted by molar-refractivity contribution is 5.98. The van der Waals surface area contributed by atoms with E-state index in [1.165, 1.54) is 23.1 Å². The molecule has 0 bridgehead atoms. The second-order valence-corrected chi connectivity index (χ2v) is 7.36. The van der Waals surface area contributed by atoms with Crippen molar-refractivity contribution in [3.05, 3.63) is 29.6 Å². The van der Waals surface area contributed by atoms with Gasteiger partial charge in [0.1, 0.15) is 11.9 Å². The summed E-state index contributed by atoms with van der Waals surface area (Å²) in [7, 11) is 0. The van der Waals surface area contributed by atoms with Crippen molar-refractivity contribution in [2.75, 3.05) is 5.32 Å². The van der Waals surface area contributed by atoms with Crippen LogP contribution in [0.1, 0.15) is 45.1 Å². The van der Waals surface area contributed by atoms with E-state index in [2.05, 4.69) is 10.6 Å². The number of anilines is 1. The number of nitrogens with zero attached hydrogens (tertiary/aromatic N) is 1. The van der Waals surface area contributed by atoms with Gasteiger partial charge in [-0.15, -0.1) is 0 Å². The molecule has 142 valence electrons. The van der Waals surface area contributed by atoms with Crippen molar-refractivity contribution in [1.82, 2.24) is 10.2 Å². The van der Waals surface area contributed by atoms with Gasteiger partial charge in [0.2, 0.25) is 5.91 Å². The molecule has 3 rings (SSSR count). The van der Waals surface area contributed by atoms with Crippen LogP contribution in [-0.4, -0.2) is 40.1 Å². The third-order valence-corrected chi connectivity index (χ3v) is 5.45. The van der Waals surface area contributed by atoms with Crippen LogP contribution in [0.3, 0.4) is 0 Å². The molecule has 1 fully saturated rings. The average Bonchev–Trinajstić information content (AvgIpc) is 2.93. The molecule has 0 saturated heterocycles. The lowest BCUT2D eigenvalue weighted by Crippen LogP contribution is -2.53. The van der Waals surface area contributed by atoms with Gasteiger partial charge in [0.05, 0.1) is 12.6 Å². The zero-order valence-electron chi connectivity index (χ0n) is 15.2. The van der Waals surface area contributed by atoms with E-state index >= 15 is 0 Å². The molecule has 26 heavy (non-hydrogen) atoms. The highest BCUT2D eigenvalue weighted by atomic mass is 19.1. The Morgan fingerprint density at radius 1 is 1.46 bits per heavy atom. The second-order valence-electron chi connectivity index (χ2n) is 7.36. The van der Waals surface area contributed by atoms with Gasteiger partial charge in [0.25, 0.3) is 0 Å². The fourth-order valence-corrected chi connectivity index (χ4v) is 3.78. The number of urea groups is 1. The maximum absolute atomic E-state index is 13.7. The normalized spacial score (nSPS) is 26.7. The van der Waals surface area contributed by atoms with Crippen LogP contribution < -0.4 is 10.6 Å². The Labute approximate surface area is 152 Å². The van der Waals surface area contributed by atoms with E-state index in [1.54, 1.807) is 0 Å². The van der Waals surface area contributed by atoms with Gasteiger partial charge in [-0.1, -0.05) is 20.3 Å². The van der Waals surface area contributed by atoms with Crippen LogP contribution in [-0.2, 0) is 11.3 Å². The largest absolute Gasteiger partial charge is 0.393 e. The van der Waals surface area contributed by atoms with Gasteiger partial charge in [0.15, 0.2) is 0 Å². The monoisotopic (exact) mass is 363 g/mol. The van der Waals surface area contributed by atoms with Crippen molar-refractivity contribution in [2.24, 2.45) is 5.92 Å². The summed E-state index contributed by atoms with van der Waals surface area (Å²) in [4.78, 5) is 27.2. The van der Waals surface area contributed by atoms with Crippen LogP contribution in [0.5, 0.6) is 0 Å². The summed E-state index contributed by atoms with van der Waals surface area (Å²) in [6, 6.07) is 3.10. The molecular weight excluding hydrogens is 337 g/mol. The number of hydrogen-bond donors (Lipinski definition) is 3. The lowest BCUT2D eigenvalue weighted by atomic mass is 9.97. The Hall–Kier alpha value is -2.15. The topological polar surface area (TPSA) is 81.7 Å². The van der Waals surface area contributed by atoms with E-state index in [0.29, 0.717) is 30.5 Å². The SMILES string of the molecule is CCC(C)C1C(=O)Nc2ccc(F)cc2CN1C(=O)NC1CCC(O)C1. The zero-order chi connectivity index (χ0) is 18.8. The molecule has 3 N–H and O–H groups in total. The number of benzene rings is 1. The van der Waals surface area contributed by atoms with Crippen LogP contribution >= 0.6 is 0 Å². The molecule has 6 nitrogen and oxygen atoms in total. The van der Waals surface area contributed by atoms with Crippen molar-refractivity contribution in [1.29, 1.82) is 0 Å². The first kappa shape index (κ1) is 18.6. The Morgan fingerprint density at radius 3 is 2.88 bits per heavy atom. The number of carbonyl (C=O) groups is 2. The van der Waals surface area contributed by atoms with E-state index in [4.69, 9.17) is 0 Å².